The maximum atomic E-state index is 13.3. The number of likely N-dealkylation sites (tertiary alicyclic amines) is 1. The molecule has 4 heterocycles. The fraction of sp³-hybridized carbons (Fsp3) is 0.348. The van der Waals surface area contributed by atoms with Crippen LogP contribution in [0, 0.1) is 0 Å². The molecule has 1 N–H and O–H groups in total. The van der Waals surface area contributed by atoms with Crippen molar-refractivity contribution in [3.63, 3.8) is 0 Å². The first-order chi connectivity index (χ1) is 15.2. The standard InChI is InChI=1S/C23H25N5O3/c1-31-13-12-27-20-9-4-10-24-21(20)28(23(27)30)17-7-5-11-26(15-17)22(29)19-14-16-6-2-3-8-18(16)25-19/h2-4,6,8-10,14,17,25H,5,7,11-13,15H2,1H3/t17-/m0/s1. The van der Waals surface area contributed by atoms with Gasteiger partial charge in [0.15, 0.2) is 5.65 Å². The van der Waals surface area contributed by atoms with Gasteiger partial charge in [-0.05, 0) is 37.1 Å². The molecule has 160 valence electrons. The molecule has 4 aromatic rings. The number of imidazole rings is 1. The maximum Gasteiger partial charge on any atom is 0.330 e. The van der Waals surface area contributed by atoms with E-state index in [4.69, 9.17) is 4.74 Å². The van der Waals surface area contributed by atoms with Gasteiger partial charge in [-0.1, -0.05) is 18.2 Å². The number of fused-ring (bicyclic) bond motifs is 2. The van der Waals surface area contributed by atoms with Gasteiger partial charge in [-0.2, -0.15) is 0 Å². The molecule has 8 heteroatoms. The Morgan fingerprint density at radius 1 is 1.26 bits per heavy atom. The summed E-state index contributed by atoms with van der Waals surface area (Å²) in [6.45, 7) is 2.07. The Hall–Kier alpha value is -3.39. The number of piperidine rings is 1. The highest BCUT2D eigenvalue weighted by Crippen LogP contribution is 2.26. The number of methoxy groups -OCH3 is 1. The van der Waals surface area contributed by atoms with Crippen LogP contribution in [0.2, 0.25) is 0 Å². The summed E-state index contributed by atoms with van der Waals surface area (Å²) in [5.74, 6) is -0.0370. The number of nitrogens with one attached hydrogen (secondary N) is 1. The Bertz CT molecular complexity index is 1270. The van der Waals surface area contributed by atoms with Crippen LogP contribution in [-0.2, 0) is 11.3 Å². The highest BCUT2D eigenvalue weighted by atomic mass is 16.5. The summed E-state index contributed by atoms with van der Waals surface area (Å²) in [7, 11) is 1.62. The molecular formula is C23H25N5O3. The first-order valence-corrected chi connectivity index (χ1v) is 10.6. The highest BCUT2D eigenvalue weighted by Gasteiger charge is 2.29. The molecule has 31 heavy (non-hydrogen) atoms. The number of aromatic nitrogens is 4. The quantitative estimate of drug-likeness (QED) is 0.539. The van der Waals surface area contributed by atoms with Gasteiger partial charge in [0.25, 0.3) is 5.91 Å². The number of ether oxygens (including phenoxy) is 1. The van der Waals surface area contributed by atoms with Crippen molar-refractivity contribution >= 4 is 28.0 Å². The van der Waals surface area contributed by atoms with Gasteiger partial charge in [-0.25, -0.2) is 9.78 Å². The number of hydrogen-bond donors (Lipinski definition) is 1. The Kier molecular flexibility index (Phi) is 5.07. The monoisotopic (exact) mass is 419 g/mol. The molecule has 1 atom stereocenters. The number of H-pyrrole nitrogens is 1. The molecule has 0 spiro atoms. The van der Waals surface area contributed by atoms with Crippen molar-refractivity contribution < 1.29 is 9.53 Å². The third kappa shape index (κ3) is 3.42. The van der Waals surface area contributed by atoms with Gasteiger partial charge in [0.2, 0.25) is 0 Å². The summed E-state index contributed by atoms with van der Waals surface area (Å²) >= 11 is 0. The smallest absolute Gasteiger partial charge is 0.330 e. The van der Waals surface area contributed by atoms with Gasteiger partial charge >= 0.3 is 5.69 Å². The summed E-state index contributed by atoms with van der Waals surface area (Å²) in [6.07, 6.45) is 3.37. The highest BCUT2D eigenvalue weighted by molar-refractivity contribution is 5.98. The molecule has 0 unspecified atom stereocenters. The zero-order chi connectivity index (χ0) is 21.4. The number of pyridine rings is 1. The Morgan fingerprint density at radius 2 is 2.13 bits per heavy atom. The van der Waals surface area contributed by atoms with Crippen molar-refractivity contribution in [1.29, 1.82) is 0 Å². The van der Waals surface area contributed by atoms with Crippen molar-refractivity contribution in [2.24, 2.45) is 0 Å². The summed E-state index contributed by atoms with van der Waals surface area (Å²) in [5.41, 5.74) is 2.88. The molecule has 1 amide bonds. The number of benzene rings is 1. The van der Waals surface area contributed by atoms with E-state index in [1.54, 1.807) is 22.4 Å². The van der Waals surface area contributed by atoms with E-state index in [0.29, 0.717) is 37.6 Å². The van der Waals surface area contributed by atoms with Crippen LogP contribution < -0.4 is 5.69 Å². The lowest BCUT2D eigenvalue weighted by Gasteiger charge is -2.33. The molecule has 1 aliphatic rings. The molecule has 1 saturated heterocycles. The van der Waals surface area contributed by atoms with E-state index in [2.05, 4.69) is 9.97 Å². The third-order valence-corrected chi connectivity index (χ3v) is 6.05. The molecule has 5 rings (SSSR count). The van der Waals surface area contributed by atoms with Crippen LogP contribution in [0.4, 0.5) is 0 Å². The fourth-order valence-corrected chi connectivity index (χ4v) is 4.55. The molecular weight excluding hydrogens is 394 g/mol. The molecule has 8 nitrogen and oxygen atoms in total. The second kappa shape index (κ2) is 8.03. The lowest BCUT2D eigenvalue weighted by atomic mass is 10.0. The lowest BCUT2D eigenvalue weighted by molar-refractivity contribution is 0.0674. The molecule has 1 aromatic carbocycles. The molecule has 0 radical (unpaired) electrons. The van der Waals surface area contributed by atoms with Gasteiger partial charge in [-0.15, -0.1) is 0 Å². The van der Waals surface area contributed by atoms with E-state index >= 15 is 0 Å². The zero-order valence-electron chi connectivity index (χ0n) is 17.5. The second-order valence-electron chi connectivity index (χ2n) is 7.96. The van der Waals surface area contributed by atoms with Gasteiger partial charge < -0.3 is 14.6 Å². The Balaban J connectivity index is 1.46. The number of para-hydroxylation sites is 1. The molecule has 0 saturated carbocycles. The van der Waals surface area contributed by atoms with Gasteiger partial charge in [0, 0.05) is 37.3 Å². The average molecular weight is 419 g/mol. The van der Waals surface area contributed by atoms with Crippen molar-refractivity contribution in [1.82, 2.24) is 24.0 Å². The number of carbonyl (C=O) groups excluding carboxylic acids is 1. The third-order valence-electron chi connectivity index (χ3n) is 6.05. The summed E-state index contributed by atoms with van der Waals surface area (Å²) in [4.78, 5) is 36.0. The van der Waals surface area contributed by atoms with Gasteiger partial charge in [0.1, 0.15) is 5.69 Å². The maximum absolute atomic E-state index is 13.3. The van der Waals surface area contributed by atoms with E-state index in [1.165, 1.54) is 0 Å². The van der Waals surface area contributed by atoms with Crippen LogP contribution in [0.1, 0.15) is 29.4 Å². The van der Waals surface area contributed by atoms with E-state index < -0.39 is 0 Å². The first kappa shape index (κ1) is 19.6. The SMILES string of the molecule is COCCn1c(=O)n([C@H]2CCCN(C(=O)c3cc4ccccc4[nH]3)C2)c2ncccc21. The molecule has 3 aromatic heterocycles. The molecule has 0 aliphatic carbocycles. The van der Waals surface area contributed by atoms with Crippen molar-refractivity contribution in [2.75, 3.05) is 26.8 Å². The molecule has 1 aliphatic heterocycles. The Morgan fingerprint density at radius 3 is 2.97 bits per heavy atom. The van der Waals surface area contributed by atoms with E-state index in [9.17, 15) is 9.59 Å². The van der Waals surface area contributed by atoms with Crippen molar-refractivity contribution in [3.05, 3.63) is 64.8 Å². The van der Waals surface area contributed by atoms with E-state index in [0.717, 1.165) is 29.3 Å². The lowest BCUT2D eigenvalue weighted by Crippen LogP contribution is -2.43. The largest absolute Gasteiger partial charge is 0.383 e. The van der Waals surface area contributed by atoms with Crippen LogP contribution in [0.15, 0.2) is 53.5 Å². The second-order valence-corrected chi connectivity index (χ2v) is 7.96. The van der Waals surface area contributed by atoms with Crippen molar-refractivity contribution in [2.45, 2.75) is 25.4 Å². The first-order valence-electron chi connectivity index (χ1n) is 10.6. The van der Waals surface area contributed by atoms with Crippen LogP contribution in [-0.4, -0.2) is 56.7 Å². The zero-order valence-corrected chi connectivity index (χ0v) is 17.5. The molecule has 0 bridgehead atoms. The Labute approximate surface area is 179 Å². The minimum Gasteiger partial charge on any atom is -0.383 e. The minimum atomic E-state index is -0.115. The van der Waals surface area contributed by atoms with E-state index in [1.807, 2.05) is 47.4 Å². The number of amides is 1. The van der Waals surface area contributed by atoms with Crippen molar-refractivity contribution in [3.8, 4) is 0 Å². The number of rotatable bonds is 5. The fourth-order valence-electron chi connectivity index (χ4n) is 4.55. The summed E-state index contributed by atoms with van der Waals surface area (Å²) in [5, 5.41) is 1.01. The number of hydrogen-bond acceptors (Lipinski definition) is 4. The summed E-state index contributed by atoms with van der Waals surface area (Å²) in [6, 6.07) is 13.4. The van der Waals surface area contributed by atoms with Crippen LogP contribution in [0.25, 0.3) is 22.1 Å². The summed E-state index contributed by atoms with van der Waals surface area (Å²) < 4.78 is 8.65. The predicted molar refractivity (Wildman–Crippen MR) is 118 cm³/mol. The normalized spacial score (nSPS) is 16.9. The van der Waals surface area contributed by atoms with Crippen LogP contribution >= 0.6 is 0 Å². The number of nitrogens with zero attached hydrogens (tertiary/aromatic N) is 4. The average Bonchev–Trinajstić information content (AvgIpc) is 3.36. The topological polar surface area (TPSA) is 85.1 Å². The van der Waals surface area contributed by atoms with Gasteiger partial charge in [0.05, 0.1) is 24.7 Å². The molecule has 1 fully saturated rings. The van der Waals surface area contributed by atoms with Crippen LogP contribution in [0.3, 0.4) is 0 Å². The predicted octanol–water partition coefficient (Wildman–Crippen LogP) is 2.80. The van der Waals surface area contributed by atoms with E-state index in [-0.39, 0.29) is 17.6 Å². The number of carbonyl (C=O) groups is 1. The van der Waals surface area contributed by atoms with Crippen LogP contribution in [0.5, 0.6) is 0 Å². The number of aromatic amines is 1. The minimum absolute atomic E-state index is 0.0370. The van der Waals surface area contributed by atoms with Gasteiger partial charge in [-0.3, -0.25) is 13.9 Å².